The van der Waals surface area contributed by atoms with Crippen molar-refractivity contribution < 1.29 is 9.59 Å². The molecular weight excluding hydrogens is 436 g/mol. The van der Waals surface area contributed by atoms with Crippen LogP contribution in [0.3, 0.4) is 0 Å². The van der Waals surface area contributed by atoms with Crippen molar-refractivity contribution in [2.45, 2.75) is 43.9 Å². The minimum absolute atomic E-state index is 0.0203. The first-order valence-corrected chi connectivity index (χ1v) is 12.5. The van der Waals surface area contributed by atoms with E-state index in [1.807, 2.05) is 18.2 Å². The third-order valence-corrected chi connectivity index (χ3v) is 7.77. The molecule has 2 aliphatic heterocycles. The van der Waals surface area contributed by atoms with E-state index in [2.05, 4.69) is 52.5 Å². The molecular formula is C29H32N4O2. The first-order chi connectivity index (χ1) is 17.0. The van der Waals surface area contributed by atoms with Crippen LogP contribution in [0.4, 0.5) is 5.82 Å². The van der Waals surface area contributed by atoms with Gasteiger partial charge in [-0.1, -0.05) is 49.4 Å². The van der Waals surface area contributed by atoms with Crippen LogP contribution in [0.25, 0.3) is 0 Å². The molecule has 3 aromatic rings. The summed E-state index contributed by atoms with van der Waals surface area (Å²) in [6, 6.07) is 20.2. The van der Waals surface area contributed by atoms with Crippen LogP contribution in [-0.4, -0.2) is 41.3 Å². The lowest BCUT2D eigenvalue weighted by molar-refractivity contribution is -0.120. The zero-order valence-electron chi connectivity index (χ0n) is 20.2. The van der Waals surface area contributed by atoms with Gasteiger partial charge in [0.25, 0.3) is 0 Å². The predicted molar refractivity (Wildman–Crippen MR) is 137 cm³/mol. The number of nitrogens with one attached hydrogen (secondary N) is 1. The van der Waals surface area contributed by atoms with Gasteiger partial charge in [-0.05, 0) is 86.1 Å². The lowest BCUT2D eigenvalue weighted by atomic mass is 9.79. The summed E-state index contributed by atoms with van der Waals surface area (Å²) < 4.78 is 0. The number of pyridine rings is 1. The number of piperidine rings is 1. The SMILES string of the molecule is CCN1CCC(c2ccccc2)CC1.NC(=O)c1ccc2c(c1)CC1(C2)C(=O)Nc2ncccc21. The number of amides is 2. The molecule has 6 nitrogen and oxygen atoms in total. The summed E-state index contributed by atoms with van der Waals surface area (Å²) in [5.41, 5.74) is 9.78. The van der Waals surface area contributed by atoms with Crippen molar-refractivity contribution in [3.05, 3.63) is 94.7 Å². The highest BCUT2D eigenvalue weighted by Gasteiger charge is 2.51. The van der Waals surface area contributed by atoms with Crippen LogP contribution < -0.4 is 11.1 Å². The van der Waals surface area contributed by atoms with Crippen LogP contribution >= 0.6 is 0 Å². The Morgan fingerprint density at radius 2 is 1.80 bits per heavy atom. The molecule has 0 bridgehead atoms. The van der Waals surface area contributed by atoms with E-state index in [1.165, 1.54) is 38.0 Å². The molecule has 1 atom stereocenters. The van der Waals surface area contributed by atoms with Crippen molar-refractivity contribution in [2.75, 3.05) is 25.0 Å². The fourth-order valence-corrected chi connectivity index (χ4v) is 5.73. The standard InChI is InChI=1S/C16H13N3O2.C13H19N/c17-13(20)9-3-4-10-7-16(8-11(10)6-9)12-2-1-5-18-14(12)19-15(16)21;1-2-14-10-8-13(9-11-14)12-6-4-3-5-7-12/h1-6H,7-8H2,(H2,17,20)(H,18,19,21);3-7,13H,2,8-11H2,1H3. The van der Waals surface area contributed by atoms with Crippen LogP contribution in [-0.2, 0) is 23.1 Å². The van der Waals surface area contributed by atoms with Crippen LogP contribution in [0.1, 0.15) is 58.3 Å². The van der Waals surface area contributed by atoms with Gasteiger partial charge < -0.3 is 16.0 Å². The maximum Gasteiger partial charge on any atom is 0.248 e. The van der Waals surface area contributed by atoms with Crippen molar-refractivity contribution >= 4 is 17.6 Å². The molecule has 6 rings (SSSR count). The smallest absolute Gasteiger partial charge is 0.248 e. The zero-order chi connectivity index (χ0) is 24.4. The quantitative estimate of drug-likeness (QED) is 0.607. The molecule has 35 heavy (non-hydrogen) atoms. The van der Waals surface area contributed by atoms with E-state index in [1.54, 1.807) is 18.3 Å². The number of rotatable bonds is 3. The summed E-state index contributed by atoms with van der Waals surface area (Å²) >= 11 is 0. The van der Waals surface area contributed by atoms with Gasteiger partial charge in [-0.2, -0.15) is 0 Å². The van der Waals surface area contributed by atoms with E-state index < -0.39 is 11.3 Å². The van der Waals surface area contributed by atoms with Gasteiger partial charge in [0.05, 0.1) is 5.41 Å². The largest absolute Gasteiger partial charge is 0.366 e. The molecule has 1 aromatic heterocycles. The second kappa shape index (κ2) is 9.62. The van der Waals surface area contributed by atoms with Gasteiger partial charge in [-0.3, -0.25) is 9.59 Å². The van der Waals surface area contributed by atoms with E-state index in [-0.39, 0.29) is 5.91 Å². The van der Waals surface area contributed by atoms with Crippen molar-refractivity contribution in [1.82, 2.24) is 9.88 Å². The van der Waals surface area contributed by atoms with Gasteiger partial charge in [0.1, 0.15) is 5.82 Å². The highest BCUT2D eigenvalue weighted by atomic mass is 16.2. The number of nitrogens with two attached hydrogens (primary N) is 1. The Hall–Kier alpha value is -3.51. The Labute approximate surface area is 206 Å². The first-order valence-electron chi connectivity index (χ1n) is 12.5. The van der Waals surface area contributed by atoms with Crippen LogP contribution in [0.5, 0.6) is 0 Å². The van der Waals surface area contributed by atoms with Crippen molar-refractivity contribution in [2.24, 2.45) is 5.73 Å². The first kappa shape index (κ1) is 23.2. The summed E-state index contributed by atoms with van der Waals surface area (Å²) in [6.07, 6.45) is 5.54. The topological polar surface area (TPSA) is 88.3 Å². The Morgan fingerprint density at radius 3 is 2.51 bits per heavy atom. The summed E-state index contributed by atoms with van der Waals surface area (Å²) in [7, 11) is 0. The van der Waals surface area contributed by atoms with E-state index in [4.69, 9.17) is 5.73 Å². The molecule has 1 saturated heterocycles. The average molecular weight is 469 g/mol. The molecule has 3 N–H and O–H groups in total. The number of likely N-dealkylation sites (tertiary alicyclic amines) is 1. The third kappa shape index (κ3) is 4.46. The van der Waals surface area contributed by atoms with Gasteiger partial charge in [-0.15, -0.1) is 0 Å². The molecule has 1 fully saturated rings. The Balaban J connectivity index is 0.000000158. The number of aromatic nitrogens is 1. The summed E-state index contributed by atoms with van der Waals surface area (Å²) in [6.45, 7) is 6.01. The molecule has 180 valence electrons. The summed E-state index contributed by atoms with van der Waals surface area (Å²) in [5, 5.41) is 2.86. The molecule has 3 heterocycles. The van der Waals surface area contributed by atoms with Crippen LogP contribution in [0, 0.1) is 0 Å². The number of carbonyl (C=O) groups is 2. The van der Waals surface area contributed by atoms with Gasteiger partial charge in [0.15, 0.2) is 0 Å². The monoisotopic (exact) mass is 468 g/mol. The number of benzene rings is 2. The Bertz CT molecular complexity index is 1230. The second-order valence-electron chi connectivity index (χ2n) is 9.76. The van der Waals surface area contributed by atoms with Crippen molar-refractivity contribution in [3.63, 3.8) is 0 Å². The van der Waals surface area contributed by atoms with Crippen LogP contribution in [0.2, 0.25) is 0 Å². The molecule has 0 saturated carbocycles. The number of carbonyl (C=O) groups excluding carboxylic acids is 2. The lowest BCUT2D eigenvalue weighted by Crippen LogP contribution is -2.35. The van der Waals surface area contributed by atoms with Crippen molar-refractivity contribution in [3.8, 4) is 0 Å². The lowest BCUT2D eigenvalue weighted by Gasteiger charge is -2.31. The maximum absolute atomic E-state index is 12.5. The highest BCUT2D eigenvalue weighted by molar-refractivity contribution is 6.06. The molecule has 6 heteroatoms. The maximum atomic E-state index is 12.5. The third-order valence-electron chi connectivity index (χ3n) is 7.77. The van der Waals surface area contributed by atoms with E-state index in [0.29, 0.717) is 24.2 Å². The summed E-state index contributed by atoms with van der Waals surface area (Å²) in [4.78, 5) is 30.6. The minimum atomic E-state index is -0.595. The van der Waals surface area contributed by atoms with E-state index in [9.17, 15) is 9.59 Å². The molecule has 1 spiro atoms. The van der Waals surface area contributed by atoms with Gasteiger partial charge in [0.2, 0.25) is 11.8 Å². The number of primary amides is 1. The summed E-state index contributed by atoms with van der Waals surface area (Å²) in [5.74, 6) is 0.981. The van der Waals surface area contributed by atoms with E-state index >= 15 is 0 Å². The molecule has 0 radical (unpaired) electrons. The van der Waals surface area contributed by atoms with Crippen molar-refractivity contribution in [1.29, 1.82) is 0 Å². The molecule has 2 aromatic carbocycles. The normalized spacial score (nSPS) is 21.1. The average Bonchev–Trinajstić information content (AvgIpc) is 3.42. The minimum Gasteiger partial charge on any atom is -0.366 e. The fraction of sp³-hybridized carbons (Fsp3) is 0.345. The molecule has 3 aliphatic rings. The molecule has 2 amide bonds. The second-order valence-corrected chi connectivity index (χ2v) is 9.76. The fourth-order valence-electron chi connectivity index (χ4n) is 5.73. The predicted octanol–water partition coefficient (Wildman–Crippen LogP) is 4.06. The number of hydrogen-bond donors (Lipinski definition) is 2. The number of fused-ring (bicyclic) bond motifs is 3. The highest BCUT2D eigenvalue weighted by Crippen LogP contribution is 2.46. The Kier molecular flexibility index (Phi) is 6.39. The van der Waals surface area contributed by atoms with Crippen LogP contribution in [0.15, 0.2) is 66.9 Å². The van der Waals surface area contributed by atoms with Gasteiger partial charge in [-0.25, -0.2) is 4.98 Å². The van der Waals surface area contributed by atoms with E-state index in [0.717, 1.165) is 22.6 Å². The molecule has 1 aliphatic carbocycles. The number of hydrogen-bond acceptors (Lipinski definition) is 4. The number of nitrogens with zero attached hydrogens (tertiary/aromatic N) is 2. The van der Waals surface area contributed by atoms with Gasteiger partial charge in [0, 0.05) is 17.3 Å². The number of anilines is 1. The van der Waals surface area contributed by atoms with Gasteiger partial charge >= 0.3 is 0 Å². The zero-order valence-corrected chi connectivity index (χ0v) is 20.2. The Morgan fingerprint density at radius 1 is 1.06 bits per heavy atom. The molecule has 1 unspecified atom stereocenters.